The summed E-state index contributed by atoms with van der Waals surface area (Å²) in [5.41, 5.74) is 6.05. The van der Waals surface area contributed by atoms with Gasteiger partial charge in [0.2, 0.25) is 5.91 Å². The highest BCUT2D eigenvalue weighted by molar-refractivity contribution is 5.92. The molecule has 2 rings (SSSR count). The zero-order valence-electron chi connectivity index (χ0n) is 12.8. The number of rotatable bonds is 4. The van der Waals surface area contributed by atoms with E-state index in [1.54, 1.807) is 0 Å². The van der Waals surface area contributed by atoms with Crippen LogP contribution in [0.15, 0.2) is 18.2 Å². The Morgan fingerprint density at radius 3 is 2.76 bits per heavy atom. The molecule has 2 unspecified atom stereocenters. The van der Waals surface area contributed by atoms with E-state index in [4.69, 9.17) is 5.73 Å². The molecule has 1 aliphatic rings. The molecule has 0 aromatic heterocycles. The number of likely N-dealkylation sites (N-methyl/N-ethyl adjacent to an activating group) is 1. The highest BCUT2D eigenvalue weighted by atomic mass is 19.1. The number of hydrogen-bond donors (Lipinski definition) is 2. The molecule has 0 spiro atoms. The van der Waals surface area contributed by atoms with Crippen LogP contribution in [0.1, 0.15) is 6.92 Å². The minimum Gasteiger partial charge on any atom is -0.396 e. The number of halogens is 1. The molecule has 21 heavy (non-hydrogen) atoms. The quantitative estimate of drug-likeness (QED) is 0.820. The summed E-state index contributed by atoms with van der Waals surface area (Å²) in [5, 5.41) is 2.75. The lowest BCUT2D eigenvalue weighted by atomic mass is 10.1. The predicted molar refractivity (Wildman–Crippen MR) is 82.5 cm³/mol. The van der Waals surface area contributed by atoms with Crippen LogP contribution in [-0.2, 0) is 4.79 Å². The second-order valence-corrected chi connectivity index (χ2v) is 5.99. The maximum absolute atomic E-state index is 13.1. The van der Waals surface area contributed by atoms with Gasteiger partial charge in [-0.1, -0.05) is 6.92 Å². The first-order valence-corrected chi connectivity index (χ1v) is 7.10. The third-order valence-corrected chi connectivity index (χ3v) is 3.96. The molecule has 0 bridgehead atoms. The van der Waals surface area contributed by atoms with Crippen molar-refractivity contribution in [1.82, 2.24) is 9.80 Å². The Balaban J connectivity index is 1.89. The number of amides is 1. The van der Waals surface area contributed by atoms with Crippen LogP contribution < -0.4 is 11.1 Å². The lowest BCUT2D eigenvalue weighted by Gasteiger charge is -2.22. The SMILES string of the molecule is CC1CN(CC(=O)Nc2ccc(F)c(N)c2)CC1N(C)C. The van der Waals surface area contributed by atoms with E-state index in [1.165, 1.54) is 18.2 Å². The Morgan fingerprint density at radius 2 is 2.19 bits per heavy atom. The molecule has 1 saturated heterocycles. The van der Waals surface area contributed by atoms with Crippen LogP contribution in [0.4, 0.5) is 15.8 Å². The number of carbonyl (C=O) groups is 1. The van der Waals surface area contributed by atoms with Gasteiger partial charge >= 0.3 is 0 Å². The van der Waals surface area contributed by atoms with Crippen LogP contribution in [-0.4, -0.2) is 55.5 Å². The molecule has 0 radical (unpaired) electrons. The van der Waals surface area contributed by atoms with E-state index < -0.39 is 5.82 Å². The topological polar surface area (TPSA) is 61.6 Å². The fourth-order valence-corrected chi connectivity index (χ4v) is 2.87. The van der Waals surface area contributed by atoms with E-state index >= 15 is 0 Å². The first kappa shape index (κ1) is 15.7. The summed E-state index contributed by atoms with van der Waals surface area (Å²) in [7, 11) is 4.12. The summed E-state index contributed by atoms with van der Waals surface area (Å²) >= 11 is 0. The lowest BCUT2D eigenvalue weighted by molar-refractivity contribution is -0.117. The average Bonchev–Trinajstić information content (AvgIpc) is 2.75. The van der Waals surface area contributed by atoms with Crippen LogP contribution in [0.25, 0.3) is 0 Å². The molecule has 116 valence electrons. The molecular formula is C15H23FN4O. The number of carbonyl (C=O) groups excluding carboxylic acids is 1. The van der Waals surface area contributed by atoms with Crippen molar-refractivity contribution < 1.29 is 9.18 Å². The number of nitrogens with two attached hydrogens (primary N) is 1. The van der Waals surface area contributed by atoms with Crippen molar-refractivity contribution in [3.05, 3.63) is 24.0 Å². The first-order chi connectivity index (χ1) is 9.86. The van der Waals surface area contributed by atoms with Gasteiger partial charge in [0.1, 0.15) is 5.82 Å². The van der Waals surface area contributed by atoms with E-state index in [1.807, 2.05) is 0 Å². The summed E-state index contributed by atoms with van der Waals surface area (Å²) < 4.78 is 13.1. The van der Waals surface area contributed by atoms with Gasteiger partial charge in [0.25, 0.3) is 0 Å². The van der Waals surface area contributed by atoms with Gasteiger partial charge in [0, 0.05) is 24.8 Å². The molecule has 0 aliphatic carbocycles. The van der Waals surface area contributed by atoms with Gasteiger partial charge in [-0.3, -0.25) is 9.69 Å². The Labute approximate surface area is 124 Å². The molecule has 1 aromatic rings. The Kier molecular flexibility index (Phi) is 4.80. The maximum atomic E-state index is 13.1. The van der Waals surface area contributed by atoms with Gasteiger partial charge < -0.3 is 16.0 Å². The molecule has 2 atom stereocenters. The number of nitrogen functional groups attached to an aromatic ring is 1. The van der Waals surface area contributed by atoms with Gasteiger partial charge in [-0.15, -0.1) is 0 Å². The third-order valence-electron chi connectivity index (χ3n) is 3.96. The van der Waals surface area contributed by atoms with E-state index in [-0.39, 0.29) is 11.6 Å². The number of hydrogen-bond acceptors (Lipinski definition) is 4. The Morgan fingerprint density at radius 1 is 1.48 bits per heavy atom. The standard InChI is InChI=1S/C15H23FN4O/c1-10-7-20(8-14(10)19(2)3)9-15(21)18-11-4-5-12(16)13(17)6-11/h4-6,10,14H,7-9,17H2,1-3H3,(H,18,21). The number of nitrogens with one attached hydrogen (secondary N) is 1. The zero-order chi connectivity index (χ0) is 15.6. The molecule has 5 nitrogen and oxygen atoms in total. The molecule has 1 heterocycles. The monoisotopic (exact) mass is 294 g/mol. The predicted octanol–water partition coefficient (Wildman–Crippen LogP) is 1.23. The fraction of sp³-hybridized carbons (Fsp3) is 0.533. The van der Waals surface area contributed by atoms with Gasteiger partial charge in [-0.05, 0) is 38.2 Å². The van der Waals surface area contributed by atoms with Gasteiger partial charge in [-0.2, -0.15) is 0 Å². The molecule has 3 N–H and O–H groups in total. The van der Waals surface area contributed by atoms with Crippen LogP contribution in [0.3, 0.4) is 0 Å². The van der Waals surface area contributed by atoms with Crippen molar-refractivity contribution in [2.45, 2.75) is 13.0 Å². The molecule has 1 fully saturated rings. The molecule has 1 amide bonds. The first-order valence-electron chi connectivity index (χ1n) is 7.10. The van der Waals surface area contributed by atoms with Crippen molar-refractivity contribution in [3.8, 4) is 0 Å². The highest BCUT2D eigenvalue weighted by Gasteiger charge is 2.31. The van der Waals surface area contributed by atoms with E-state index in [0.29, 0.717) is 24.2 Å². The molecular weight excluding hydrogens is 271 g/mol. The summed E-state index contributed by atoms with van der Waals surface area (Å²) in [4.78, 5) is 16.4. The van der Waals surface area contributed by atoms with Crippen molar-refractivity contribution in [3.63, 3.8) is 0 Å². The third kappa shape index (κ3) is 3.92. The van der Waals surface area contributed by atoms with Crippen LogP contribution >= 0.6 is 0 Å². The largest absolute Gasteiger partial charge is 0.396 e. The maximum Gasteiger partial charge on any atom is 0.238 e. The van der Waals surface area contributed by atoms with Crippen molar-refractivity contribution in [1.29, 1.82) is 0 Å². The summed E-state index contributed by atoms with van der Waals surface area (Å²) in [6.45, 7) is 4.32. The molecule has 0 saturated carbocycles. The van der Waals surface area contributed by atoms with E-state index in [9.17, 15) is 9.18 Å². The minimum atomic E-state index is -0.477. The van der Waals surface area contributed by atoms with Crippen molar-refractivity contribution in [2.24, 2.45) is 5.92 Å². The van der Waals surface area contributed by atoms with Gasteiger partial charge in [0.15, 0.2) is 0 Å². The molecule has 1 aliphatic heterocycles. The highest BCUT2D eigenvalue weighted by Crippen LogP contribution is 2.20. The smallest absolute Gasteiger partial charge is 0.238 e. The second-order valence-electron chi connectivity index (χ2n) is 5.99. The van der Waals surface area contributed by atoms with Crippen molar-refractivity contribution in [2.75, 3.05) is 44.8 Å². The number of likely N-dealkylation sites (tertiary alicyclic amines) is 1. The Bertz CT molecular complexity index is 520. The summed E-state index contributed by atoms with van der Waals surface area (Å²) in [5.74, 6) is -0.0444. The summed E-state index contributed by atoms with van der Waals surface area (Å²) in [6.07, 6.45) is 0. The molecule has 6 heteroatoms. The Hall–Kier alpha value is -1.66. The van der Waals surface area contributed by atoms with Crippen LogP contribution in [0.5, 0.6) is 0 Å². The zero-order valence-corrected chi connectivity index (χ0v) is 12.8. The summed E-state index contributed by atoms with van der Waals surface area (Å²) in [6, 6.07) is 4.67. The molecule has 1 aromatic carbocycles. The fourth-order valence-electron chi connectivity index (χ4n) is 2.87. The van der Waals surface area contributed by atoms with Gasteiger partial charge in [0.05, 0.1) is 12.2 Å². The number of anilines is 2. The van der Waals surface area contributed by atoms with Crippen LogP contribution in [0.2, 0.25) is 0 Å². The van der Waals surface area contributed by atoms with E-state index in [0.717, 1.165) is 13.1 Å². The van der Waals surface area contributed by atoms with Gasteiger partial charge in [-0.25, -0.2) is 4.39 Å². The number of benzene rings is 1. The lowest BCUT2D eigenvalue weighted by Crippen LogP contribution is -2.36. The second kappa shape index (κ2) is 6.41. The van der Waals surface area contributed by atoms with Crippen molar-refractivity contribution >= 4 is 17.3 Å². The minimum absolute atomic E-state index is 0.0373. The van der Waals surface area contributed by atoms with E-state index in [2.05, 4.69) is 36.1 Å². The number of nitrogens with zero attached hydrogens (tertiary/aromatic N) is 2. The average molecular weight is 294 g/mol. The normalized spacial score (nSPS) is 22.7. The van der Waals surface area contributed by atoms with Crippen LogP contribution in [0, 0.1) is 11.7 Å².